The highest BCUT2D eigenvalue weighted by molar-refractivity contribution is 4.72. The van der Waals surface area contributed by atoms with Crippen LogP contribution in [0.3, 0.4) is 0 Å². The fraction of sp³-hybridized carbons (Fsp3) is 1.00. The topological polar surface area (TPSA) is 3.24 Å². The van der Waals surface area contributed by atoms with E-state index in [1.54, 1.807) is 0 Å². The Bertz CT molecular complexity index is 112. The van der Waals surface area contributed by atoms with E-state index < -0.39 is 0 Å². The second kappa shape index (κ2) is 5.58. The van der Waals surface area contributed by atoms with Gasteiger partial charge in [0.1, 0.15) is 0 Å². The van der Waals surface area contributed by atoms with E-state index in [1.807, 2.05) is 0 Å². The Morgan fingerprint density at radius 1 is 1.25 bits per heavy atom. The highest BCUT2D eigenvalue weighted by atomic mass is 15.1. The molecule has 1 aliphatic heterocycles. The smallest absolute Gasteiger partial charge is 0.00922 e. The maximum Gasteiger partial charge on any atom is 0.00922 e. The molecule has 0 bridgehead atoms. The van der Waals surface area contributed by atoms with Crippen LogP contribution in [-0.2, 0) is 0 Å². The van der Waals surface area contributed by atoms with Crippen molar-refractivity contribution in [2.45, 2.75) is 57.9 Å². The van der Waals surface area contributed by atoms with E-state index in [4.69, 9.17) is 0 Å². The molecular weight excluding hydrogens is 146 g/mol. The molecule has 0 aliphatic carbocycles. The largest absolute Gasteiger partial charge is 0.303 e. The molecule has 1 heteroatoms. The maximum atomic E-state index is 2.57. The van der Waals surface area contributed by atoms with Crippen LogP contribution < -0.4 is 0 Å². The summed E-state index contributed by atoms with van der Waals surface area (Å²) in [7, 11) is 2.30. The molecule has 1 nitrogen and oxygen atoms in total. The molecule has 1 saturated heterocycles. The van der Waals surface area contributed by atoms with E-state index in [-0.39, 0.29) is 0 Å². The van der Waals surface area contributed by atoms with Crippen LogP contribution in [0.4, 0.5) is 0 Å². The normalized spacial score (nSPS) is 27.0. The quantitative estimate of drug-likeness (QED) is 0.627. The number of rotatable bonds is 3. The zero-order valence-corrected chi connectivity index (χ0v) is 8.68. The van der Waals surface area contributed by atoms with Gasteiger partial charge in [0.15, 0.2) is 0 Å². The van der Waals surface area contributed by atoms with Crippen LogP contribution in [0.5, 0.6) is 0 Å². The SMILES string of the molecule is CCCCC1CCCCCN1C. The lowest BCUT2D eigenvalue weighted by Gasteiger charge is -2.25. The van der Waals surface area contributed by atoms with E-state index in [1.165, 1.54) is 51.5 Å². The summed E-state index contributed by atoms with van der Waals surface area (Å²) in [6, 6.07) is 0.896. The Labute approximate surface area is 77.1 Å². The Hall–Kier alpha value is -0.0400. The third-order valence-electron chi connectivity index (χ3n) is 3.06. The fourth-order valence-electron chi connectivity index (χ4n) is 2.13. The standard InChI is InChI=1S/C11H23N/c1-3-4-8-11-9-6-5-7-10-12(11)2/h11H,3-10H2,1-2H3. The molecule has 0 N–H and O–H groups in total. The minimum Gasteiger partial charge on any atom is -0.303 e. The predicted octanol–water partition coefficient (Wildman–Crippen LogP) is 3.05. The monoisotopic (exact) mass is 169 g/mol. The van der Waals surface area contributed by atoms with Crippen molar-refractivity contribution in [1.82, 2.24) is 4.90 Å². The van der Waals surface area contributed by atoms with Crippen LogP contribution in [0.15, 0.2) is 0 Å². The highest BCUT2D eigenvalue weighted by Crippen LogP contribution is 2.19. The first-order chi connectivity index (χ1) is 5.84. The van der Waals surface area contributed by atoms with Gasteiger partial charge in [-0.1, -0.05) is 32.6 Å². The van der Waals surface area contributed by atoms with Crippen molar-refractivity contribution in [3.8, 4) is 0 Å². The molecule has 0 radical (unpaired) electrons. The first kappa shape index (κ1) is 10.0. The highest BCUT2D eigenvalue weighted by Gasteiger charge is 2.15. The average molecular weight is 169 g/mol. The van der Waals surface area contributed by atoms with Crippen molar-refractivity contribution in [1.29, 1.82) is 0 Å². The lowest BCUT2D eigenvalue weighted by molar-refractivity contribution is 0.231. The summed E-state index contributed by atoms with van der Waals surface area (Å²) in [6.45, 7) is 3.62. The summed E-state index contributed by atoms with van der Waals surface area (Å²) < 4.78 is 0. The Kier molecular flexibility index (Phi) is 4.67. The van der Waals surface area contributed by atoms with Gasteiger partial charge in [0.05, 0.1) is 0 Å². The third kappa shape index (κ3) is 3.14. The van der Waals surface area contributed by atoms with Crippen molar-refractivity contribution in [2.24, 2.45) is 0 Å². The van der Waals surface area contributed by atoms with Gasteiger partial charge < -0.3 is 4.90 Å². The van der Waals surface area contributed by atoms with Gasteiger partial charge >= 0.3 is 0 Å². The van der Waals surface area contributed by atoms with E-state index in [0.717, 1.165) is 6.04 Å². The predicted molar refractivity (Wildman–Crippen MR) is 54.4 cm³/mol. The van der Waals surface area contributed by atoms with Crippen molar-refractivity contribution in [2.75, 3.05) is 13.6 Å². The molecule has 1 fully saturated rings. The van der Waals surface area contributed by atoms with Gasteiger partial charge in [-0.15, -0.1) is 0 Å². The molecule has 12 heavy (non-hydrogen) atoms. The van der Waals surface area contributed by atoms with Crippen molar-refractivity contribution in [3.05, 3.63) is 0 Å². The molecule has 1 unspecified atom stereocenters. The number of nitrogens with zero attached hydrogens (tertiary/aromatic N) is 1. The van der Waals surface area contributed by atoms with E-state index in [9.17, 15) is 0 Å². The van der Waals surface area contributed by atoms with Gasteiger partial charge in [-0.2, -0.15) is 0 Å². The summed E-state index contributed by atoms with van der Waals surface area (Å²) in [5.74, 6) is 0. The molecule has 0 aromatic rings. The third-order valence-corrected chi connectivity index (χ3v) is 3.06. The summed E-state index contributed by atoms with van der Waals surface area (Å²) in [6.07, 6.45) is 9.95. The average Bonchev–Trinajstić information content (AvgIpc) is 2.27. The zero-order valence-electron chi connectivity index (χ0n) is 8.68. The minimum absolute atomic E-state index is 0.896. The molecule has 0 amide bonds. The van der Waals surface area contributed by atoms with Gasteiger partial charge in [-0.05, 0) is 32.9 Å². The number of hydrogen-bond donors (Lipinski definition) is 0. The molecule has 0 aromatic carbocycles. The number of hydrogen-bond acceptors (Lipinski definition) is 1. The molecule has 0 aromatic heterocycles. The molecule has 72 valence electrons. The van der Waals surface area contributed by atoms with Crippen LogP contribution in [0, 0.1) is 0 Å². The molecule has 1 atom stereocenters. The van der Waals surface area contributed by atoms with Crippen LogP contribution in [-0.4, -0.2) is 24.5 Å². The summed E-state index contributed by atoms with van der Waals surface area (Å²) in [4.78, 5) is 2.57. The summed E-state index contributed by atoms with van der Waals surface area (Å²) in [5.41, 5.74) is 0. The minimum atomic E-state index is 0.896. The molecule has 1 rings (SSSR count). The van der Waals surface area contributed by atoms with Gasteiger partial charge in [0, 0.05) is 6.04 Å². The number of unbranched alkanes of at least 4 members (excludes halogenated alkanes) is 1. The van der Waals surface area contributed by atoms with Gasteiger partial charge in [-0.25, -0.2) is 0 Å². The van der Waals surface area contributed by atoms with Gasteiger partial charge in [-0.3, -0.25) is 0 Å². The molecule has 1 heterocycles. The van der Waals surface area contributed by atoms with Crippen molar-refractivity contribution in [3.63, 3.8) is 0 Å². The first-order valence-electron chi connectivity index (χ1n) is 5.55. The lowest BCUT2D eigenvalue weighted by Crippen LogP contribution is -2.30. The fourth-order valence-corrected chi connectivity index (χ4v) is 2.13. The second-order valence-corrected chi connectivity index (χ2v) is 4.13. The van der Waals surface area contributed by atoms with E-state index >= 15 is 0 Å². The first-order valence-corrected chi connectivity index (χ1v) is 5.55. The molecule has 1 aliphatic rings. The second-order valence-electron chi connectivity index (χ2n) is 4.13. The van der Waals surface area contributed by atoms with E-state index in [0.29, 0.717) is 0 Å². The summed E-state index contributed by atoms with van der Waals surface area (Å²) in [5, 5.41) is 0. The summed E-state index contributed by atoms with van der Waals surface area (Å²) >= 11 is 0. The van der Waals surface area contributed by atoms with Crippen LogP contribution >= 0.6 is 0 Å². The lowest BCUT2D eigenvalue weighted by atomic mass is 10.0. The number of likely N-dealkylation sites (tertiary alicyclic amines) is 1. The van der Waals surface area contributed by atoms with Crippen LogP contribution in [0.2, 0.25) is 0 Å². The molecular formula is C11H23N. The zero-order chi connectivity index (χ0) is 8.81. The van der Waals surface area contributed by atoms with Crippen LogP contribution in [0.25, 0.3) is 0 Å². The molecule has 0 saturated carbocycles. The Balaban J connectivity index is 2.26. The van der Waals surface area contributed by atoms with E-state index in [2.05, 4.69) is 18.9 Å². The Morgan fingerprint density at radius 3 is 2.83 bits per heavy atom. The van der Waals surface area contributed by atoms with Gasteiger partial charge in [0.2, 0.25) is 0 Å². The van der Waals surface area contributed by atoms with Crippen molar-refractivity contribution >= 4 is 0 Å². The Morgan fingerprint density at radius 2 is 2.08 bits per heavy atom. The molecule has 0 spiro atoms. The van der Waals surface area contributed by atoms with Gasteiger partial charge in [0.25, 0.3) is 0 Å². The maximum absolute atomic E-state index is 2.57. The van der Waals surface area contributed by atoms with Crippen LogP contribution in [0.1, 0.15) is 51.9 Å². The van der Waals surface area contributed by atoms with Crippen molar-refractivity contribution < 1.29 is 0 Å².